The van der Waals surface area contributed by atoms with Gasteiger partial charge in [-0.3, -0.25) is 10.2 Å². The van der Waals surface area contributed by atoms with Crippen molar-refractivity contribution < 1.29 is 18.9 Å². The van der Waals surface area contributed by atoms with Crippen LogP contribution in [-0.4, -0.2) is 34.1 Å². The normalized spacial score (nSPS) is 30.0. The first-order valence-electron chi connectivity index (χ1n) is 8.53. The first-order chi connectivity index (χ1) is 11.6. The highest BCUT2D eigenvalue weighted by atomic mass is 35.5. The van der Waals surface area contributed by atoms with Crippen LogP contribution in [0.25, 0.3) is 0 Å². The second-order valence-corrected chi connectivity index (χ2v) is 8.52. The lowest BCUT2D eigenvalue weighted by Gasteiger charge is -2.31. The monoisotopic (exact) mass is 400 g/mol. The summed E-state index contributed by atoms with van der Waals surface area (Å²) >= 11 is 13.6. The molecule has 2 fully saturated rings. The summed E-state index contributed by atoms with van der Waals surface area (Å²) in [6.07, 6.45) is 7.50. The van der Waals surface area contributed by atoms with Crippen molar-refractivity contribution in [3.05, 3.63) is 0 Å². The van der Waals surface area contributed by atoms with E-state index in [2.05, 4.69) is 11.0 Å². The van der Waals surface area contributed by atoms with Gasteiger partial charge in [-0.05, 0) is 39.0 Å². The molecule has 0 heterocycles. The molecule has 0 aromatic rings. The maximum absolute atomic E-state index is 11.9. The zero-order valence-corrected chi connectivity index (χ0v) is 16.2. The molecule has 4 unspecified atom stereocenters. The molecule has 9 heteroatoms. The Bertz CT molecular complexity index is 388. The minimum absolute atomic E-state index is 0.0883. The number of hydrogen-bond acceptors (Lipinski definition) is 6. The van der Waals surface area contributed by atoms with Gasteiger partial charge < -0.3 is 4.74 Å². The van der Waals surface area contributed by atoms with E-state index in [-0.39, 0.29) is 22.8 Å². The Morgan fingerprint density at radius 1 is 1.17 bits per heavy atom. The van der Waals surface area contributed by atoms with Gasteiger partial charge in [0, 0.05) is 22.7 Å². The maximum Gasteiger partial charge on any atom is 0.264 e. The molecule has 0 bridgehead atoms. The number of carbonyl (C=O) groups excluding carboxylic acids is 1. The van der Waals surface area contributed by atoms with Crippen LogP contribution in [0.2, 0.25) is 0 Å². The van der Waals surface area contributed by atoms with Crippen LogP contribution in [-0.2, 0) is 18.9 Å². The minimum atomic E-state index is -0.648. The minimum Gasteiger partial charge on any atom is -0.364 e. The molecule has 0 radical (unpaired) electrons. The highest BCUT2D eigenvalue weighted by Crippen LogP contribution is 2.30. The maximum atomic E-state index is 11.9. The lowest BCUT2D eigenvalue weighted by Crippen LogP contribution is -2.46. The molecule has 2 rings (SSSR count). The third-order valence-corrected chi connectivity index (χ3v) is 6.12. The van der Waals surface area contributed by atoms with Crippen LogP contribution in [0.5, 0.6) is 0 Å². The fourth-order valence-corrected chi connectivity index (χ4v) is 4.46. The van der Waals surface area contributed by atoms with Crippen LogP contribution in [0.4, 0.5) is 0 Å². The largest absolute Gasteiger partial charge is 0.364 e. The van der Waals surface area contributed by atoms with Gasteiger partial charge in [-0.25, -0.2) is 0 Å². The average molecular weight is 401 g/mol. The van der Waals surface area contributed by atoms with E-state index in [1.165, 1.54) is 31.3 Å². The fraction of sp³-hybridized carbons (Fsp3) is 0.933. The Morgan fingerprint density at radius 2 is 1.92 bits per heavy atom. The summed E-state index contributed by atoms with van der Waals surface area (Å²) < 4.78 is 10.7. The number of amides is 1. The number of hydrazine groups is 1. The highest BCUT2D eigenvalue weighted by Gasteiger charge is 2.31. The molecule has 2 aliphatic carbocycles. The molecule has 4 atom stereocenters. The number of carbonyl (C=O) groups is 1. The Morgan fingerprint density at radius 3 is 2.62 bits per heavy atom. The fourth-order valence-electron chi connectivity index (χ4n) is 2.94. The van der Waals surface area contributed by atoms with Crippen molar-refractivity contribution in [1.29, 1.82) is 0 Å². The first-order valence-corrected chi connectivity index (χ1v) is 10.2. The van der Waals surface area contributed by atoms with Crippen LogP contribution < -0.4 is 11.0 Å². The molecule has 2 N–H and O–H groups in total. The molecule has 2 aliphatic rings. The first kappa shape index (κ1) is 20.6. The summed E-state index contributed by atoms with van der Waals surface area (Å²) in [4.78, 5) is 16.7. The van der Waals surface area contributed by atoms with Crippen molar-refractivity contribution in [2.45, 2.75) is 86.5 Å². The predicted molar refractivity (Wildman–Crippen MR) is 95.4 cm³/mol. The quantitative estimate of drug-likeness (QED) is 0.213. The number of ether oxygens (including phenoxy) is 1. The van der Waals surface area contributed by atoms with E-state index in [1.54, 1.807) is 6.92 Å². The van der Waals surface area contributed by atoms with Crippen LogP contribution in [0.15, 0.2) is 0 Å². The van der Waals surface area contributed by atoms with Crippen LogP contribution >= 0.6 is 35.2 Å². The Hall–Kier alpha value is 0.240. The van der Waals surface area contributed by atoms with Gasteiger partial charge in [0.25, 0.3) is 5.91 Å². The SMILES string of the molecule is CC(OC1CCC(Cl)CC1Cl)C(=O)NNOOSC1CCCCC1. The number of rotatable bonds is 8. The van der Waals surface area contributed by atoms with Gasteiger partial charge in [-0.2, -0.15) is 0 Å². The Kier molecular flexibility index (Phi) is 9.47. The third-order valence-electron chi connectivity index (χ3n) is 4.37. The molecule has 0 aromatic heterocycles. The van der Waals surface area contributed by atoms with E-state index in [0.717, 1.165) is 25.7 Å². The van der Waals surface area contributed by atoms with Crippen molar-refractivity contribution in [1.82, 2.24) is 11.0 Å². The van der Waals surface area contributed by atoms with Gasteiger partial charge in [0.15, 0.2) is 0 Å². The average Bonchev–Trinajstić information content (AvgIpc) is 2.57. The lowest BCUT2D eigenvalue weighted by atomic mass is 9.96. The molecule has 1 amide bonds. The summed E-state index contributed by atoms with van der Waals surface area (Å²) in [5, 5.41) is 0.373. The lowest BCUT2D eigenvalue weighted by molar-refractivity contribution is -0.257. The molecule has 140 valence electrons. The summed E-state index contributed by atoms with van der Waals surface area (Å²) in [7, 11) is 0. The number of hydrogen-bond donors (Lipinski definition) is 2. The topological polar surface area (TPSA) is 68.8 Å². The summed E-state index contributed by atoms with van der Waals surface area (Å²) in [6, 6.07) is 0. The van der Waals surface area contributed by atoms with Crippen molar-refractivity contribution in [3.63, 3.8) is 0 Å². The predicted octanol–water partition coefficient (Wildman–Crippen LogP) is 3.62. The molecule has 0 aliphatic heterocycles. The molecule has 24 heavy (non-hydrogen) atoms. The van der Waals surface area contributed by atoms with E-state index >= 15 is 0 Å². The summed E-state index contributed by atoms with van der Waals surface area (Å²) in [5.74, 6) is -0.349. The van der Waals surface area contributed by atoms with Crippen LogP contribution in [0.1, 0.15) is 58.3 Å². The van der Waals surface area contributed by atoms with Crippen LogP contribution in [0, 0.1) is 0 Å². The van der Waals surface area contributed by atoms with E-state index < -0.39 is 6.10 Å². The van der Waals surface area contributed by atoms with Gasteiger partial charge in [-0.1, -0.05) is 24.9 Å². The highest BCUT2D eigenvalue weighted by molar-refractivity contribution is 7.95. The van der Waals surface area contributed by atoms with Crippen molar-refractivity contribution in [2.75, 3.05) is 0 Å². The molecule has 2 saturated carbocycles. The molecular weight excluding hydrogens is 375 g/mol. The summed E-state index contributed by atoms with van der Waals surface area (Å²) in [6.45, 7) is 1.67. The van der Waals surface area contributed by atoms with Gasteiger partial charge in [-0.15, -0.1) is 32.5 Å². The van der Waals surface area contributed by atoms with E-state index in [4.69, 9.17) is 37.3 Å². The number of alkyl halides is 2. The zero-order valence-electron chi connectivity index (χ0n) is 13.8. The van der Waals surface area contributed by atoms with Gasteiger partial charge in [0.05, 0.1) is 11.5 Å². The molecule has 6 nitrogen and oxygen atoms in total. The Balaban J connectivity index is 1.54. The standard InChI is InChI=1S/C15H26Cl2N2O4S/c1-10(21-14-8-7-11(16)9-13(14)17)15(20)18-19-22-23-24-12-5-3-2-4-6-12/h10-14,19H,2-9H2,1H3,(H,18,20). The molecule has 0 spiro atoms. The Labute approximate surface area is 157 Å². The zero-order chi connectivity index (χ0) is 17.4. The van der Waals surface area contributed by atoms with Crippen molar-refractivity contribution in [3.8, 4) is 0 Å². The van der Waals surface area contributed by atoms with E-state index in [1.807, 2.05) is 0 Å². The molecule has 0 aromatic carbocycles. The number of nitrogens with one attached hydrogen (secondary N) is 2. The number of halogens is 2. The van der Waals surface area contributed by atoms with Gasteiger partial charge >= 0.3 is 0 Å². The smallest absolute Gasteiger partial charge is 0.264 e. The second kappa shape index (κ2) is 11.1. The van der Waals surface area contributed by atoms with E-state index in [0.29, 0.717) is 11.7 Å². The third kappa shape index (κ3) is 7.23. The summed E-state index contributed by atoms with van der Waals surface area (Å²) in [5.41, 5.74) is 4.67. The molecule has 0 saturated heterocycles. The molecular formula is C15H26Cl2N2O4S. The van der Waals surface area contributed by atoms with Crippen molar-refractivity contribution >= 4 is 41.2 Å². The van der Waals surface area contributed by atoms with Crippen LogP contribution in [0.3, 0.4) is 0 Å². The second-order valence-electron chi connectivity index (χ2n) is 6.34. The van der Waals surface area contributed by atoms with E-state index in [9.17, 15) is 4.79 Å². The van der Waals surface area contributed by atoms with Crippen molar-refractivity contribution in [2.24, 2.45) is 0 Å². The van der Waals surface area contributed by atoms with Gasteiger partial charge in [0.2, 0.25) is 0 Å². The van der Waals surface area contributed by atoms with Gasteiger partial charge in [0.1, 0.15) is 6.10 Å².